The predicted octanol–water partition coefficient (Wildman–Crippen LogP) is 1.57. The van der Waals surface area contributed by atoms with E-state index in [4.69, 9.17) is 15.2 Å². The molecule has 1 aromatic carbocycles. The van der Waals surface area contributed by atoms with Crippen LogP contribution in [-0.2, 0) is 16.0 Å². The Kier molecular flexibility index (Phi) is 6.68. The van der Waals surface area contributed by atoms with Crippen molar-refractivity contribution in [2.75, 3.05) is 20.7 Å². The maximum atomic E-state index is 11.6. The first-order chi connectivity index (χ1) is 9.93. The lowest BCUT2D eigenvalue weighted by Crippen LogP contribution is -2.34. The third-order valence-corrected chi connectivity index (χ3v) is 2.70. The average Bonchev–Trinajstić information content (AvgIpc) is 2.46. The van der Waals surface area contributed by atoms with Gasteiger partial charge in [0.1, 0.15) is 11.8 Å². The fraction of sp³-hybridized carbons (Fsp3) is 0.467. The van der Waals surface area contributed by atoms with E-state index in [0.717, 1.165) is 12.0 Å². The Hall–Kier alpha value is -2.08. The molecule has 1 aromatic rings. The standard InChI is InChI=1S/C15H22N2O4/c1-4-9-20-14(18)13(16)10-11-5-7-12(8-6-11)21-15(19)17(2)3/h5-8,13H,4,9-10,16H2,1-3H3/t13-/m0/s1. The molecule has 0 aliphatic carbocycles. The van der Waals surface area contributed by atoms with Gasteiger partial charge in [-0.25, -0.2) is 4.79 Å². The fourth-order valence-corrected chi connectivity index (χ4v) is 1.53. The lowest BCUT2D eigenvalue weighted by Gasteiger charge is -2.12. The molecule has 6 heteroatoms. The summed E-state index contributed by atoms with van der Waals surface area (Å²) in [5.74, 6) is 0.0412. The third-order valence-electron chi connectivity index (χ3n) is 2.70. The molecule has 0 aliphatic heterocycles. The Morgan fingerprint density at radius 1 is 1.24 bits per heavy atom. The van der Waals surface area contributed by atoms with Crippen LogP contribution >= 0.6 is 0 Å². The molecule has 1 rings (SSSR count). The van der Waals surface area contributed by atoms with E-state index >= 15 is 0 Å². The summed E-state index contributed by atoms with van der Waals surface area (Å²) in [5, 5.41) is 0. The van der Waals surface area contributed by atoms with Gasteiger partial charge < -0.3 is 20.1 Å². The van der Waals surface area contributed by atoms with Crippen molar-refractivity contribution in [2.45, 2.75) is 25.8 Å². The summed E-state index contributed by atoms with van der Waals surface area (Å²) in [6, 6.07) is 6.18. The maximum absolute atomic E-state index is 11.6. The Morgan fingerprint density at radius 3 is 2.38 bits per heavy atom. The van der Waals surface area contributed by atoms with Crippen molar-refractivity contribution >= 4 is 12.1 Å². The highest BCUT2D eigenvalue weighted by molar-refractivity contribution is 5.76. The van der Waals surface area contributed by atoms with Crippen molar-refractivity contribution in [3.63, 3.8) is 0 Å². The molecule has 6 nitrogen and oxygen atoms in total. The van der Waals surface area contributed by atoms with Crippen molar-refractivity contribution in [3.05, 3.63) is 29.8 Å². The minimum atomic E-state index is -0.688. The molecule has 0 bridgehead atoms. The second-order valence-electron chi connectivity index (χ2n) is 4.88. The van der Waals surface area contributed by atoms with Crippen molar-refractivity contribution in [2.24, 2.45) is 5.73 Å². The van der Waals surface area contributed by atoms with Gasteiger partial charge in [-0.15, -0.1) is 0 Å². The van der Waals surface area contributed by atoms with E-state index in [2.05, 4.69) is 0 Å². The molecule has 1 atom stereocenters. The number of carbonyl (C=O) groups is 2. The van der Waals surface area contributed by atoms with Crippen LogP contribution in [0.3, 0.4) is 0 Å². The summed E-state index contributed by atoms with van der Waals surface area (Å²) in [6.45, 7) is 2.30. The fourth-order valence-electron chi connectivity index (χ4n) is 1.53. The summed E-state index contributed by atoms with van der Waals surface area (Å²) >= 11 is 0. The van der Waals surface area contributed by atoms with Crippen LogP contribution in [0, 0.1) is 0 Å². The first-order valence-electron chi connectivity index (χ1n) is 6.84. The zero-order valence-corrected chi connectivity index (χ0v) is 12.7. The molecule has 0 unspecified atom stereocenters. The van der Waals surface area contributed by atoms with E-state index in [9.17, 15) is 9.59 Å². The Balaban J connectivity index is 2.54. The van der Waals surface area contributed by atoms with Gasteiger partial charge in [0.05, 0.1) is 6.61 Å². The van der Waals surface area contributed by atoms with Gasteiger partial charge in [0.2, 0.25) is 0 Å². The van der Waals surface area contributed by atoms with Gasteiger partial charge in [-0.3, -0.25) is 4.79 Å². The monoisotopic (exact) mass is 294 g/mol. The Bertz CT molecular complexity index is 471. The quantitative estimate of drug-likeness (QED) is 0.805. The van der Waals surface area contributed by atoms with Gasteiger partial charge in [0.15, 0.2) is 0 Å². The van der Waals surface area contributed by atoms with Crippen LogP contribution in [-0.4, -0.2) is 43.7 Å². The molecule has 0 aliphatic rings. The Morgan fingerprint density at radius 2 is 1.86 bits per heavy atom. The van der Waals surface area contributed by atoms with E-state index in [1.165, 1.54) is 4.90 Å². The van der Waals surface area contributed by atoms with Crippen LogP contribution in [0.4, 0.5) is 4.79 Å². The first kappa shape index (κ1) is 17.0. The highest BCUT2D eigenvalue weighted by Gasteiger charge is 2.15. The number of ether oxygens (including phenoxy) is 2. The minimum absolute atomic E-state index is 0.379. The summed E-state index contributed by atoms with van der Waals surface area (Å²) < 4.78 is 10.1. The highest BCUT2D eigenvalue weighted by Crippen LogP contribution is 2.14. The SMILES string of the molecule is CCCOC(=O)[C@@H](N)Cc1ccc(OC(=O)N(C)C)cc1. The van der Waals surface area contributed by atoms with Crippen LogP contribution < -0.4 is 10.5 Å². The molecule has 1 amide bonds. The van der Waals surface area contributed by atoms with Crippen LogP contribution in [0.2, 0.25) is 0 Å². The average molecular weight is 294 g/mol. The number of amides is 1. The molecular formula is C15H22N2O4. The third kappa shape index (κ3) is 5.83. The largest absolute Gasteiger partial charge is 0.465 e. The molecule has 0 spiro atoms. The van der Waals surface area contributed by atoms with E-state index in [1.807, 2.05) is 6.92 Å². The number of hydrogen-bond donors (Lipinski definition) is 1. The Labute approximate surface area is 124 Å². The normalized spacial score (nSPS) is 11.6. The van der Waals surface area contributed by atoms with Crippen molar-refractivity contribution < 1.29 is 19.1 Å². The molecule has 0 fully saturated rings. The van der Waals surface area contributed by atoms with Gasteiger partial charge in [-0.05, 0) is 30.5 Å². The van der Waals surface area contributed by atoms with Gasteiger partial charge in [-0.2, -0.15) is 0 Å². The van der Waals surface area contributed by atoms with E-state index in [1.54, 1.807) is 38.4 Å². The minimum Gasteiger partial charge on any atom is -0.465 e. The molecule has 116 valence electrons. The second kappa shape index (κ2) is 8.26. The topological polar surface area (TPSA) is 81.9 Å². The highest BCUT2D eigenvalue weighted by atomic mass is 16.6. The maximum Gasteiger partial charge on any atom is 0.414 e. The van der Waals surface area contributed by atoms with Crippen LogP contribution in [0.5, 0.6) is 5.75 Å². The summed E-state index contributed by atoms with van der Waals surface area (Å²) in [6.07, 6.45) is 0.706. The summed E-state index contributed by atoms with van der Waals surface area (Å²) in [7, 11) is 3.22. The first-order valence-corrected chi connectivity index (χ1v) is 6.84. The second-order valence-corrected chi connectivity index (χ2v) is 4.88. The zero-order chi connectivity index (χ0) is 15.8. The van der Waals surface area contributed by atoms with Crippen LogP contribution in [0.1, 0.15) is 18.9 Å². The summed E-state index contributed by atoms with van der Waals surface area (Å²) in [5.41, 5.74) is 6.66. The number of carbonyl (C=O) groups excluding carboxylic acids is 2. The molecular weight excluding hydrogens is 272 g/mol. The van der Waals surface area contributed by atoms with E-state index in [0.29, 0.717) is 18.8 Å². The number of hydrogen-bond acceptors (Lipinski definition) is 5. The molecule has 0 aromatic heterocycles. The van der Waals surface area contributed by atoms with Crippen molar-refractivity contribution in [1.29, 1.82) is 0 Å². The van der Waals surface area contributed by atoms with Crippen LogP contribution in [0.15, 0.2) is 24.3 Å². The molecule has 21 heavy (non-hydrogen) atoms. The zero-order valence-electron chi connectivity index (χ0n) is 12.7. The lowest BCUT2D eigenvalue weighted by molar-refractivity contribution is -0.145. The van der Waals surface area contributed by atoms with Crippen LogP contribution in [0.25, 0.3) is 0 Å². The van der Waals surface area contributed by atoms with Crippen molar-refractivity contribution in [1.82, 2.24) is 4.90 Å². The van der Waals surface area contributed by atoms with Crippen molar-refractivity contribution in [3.8, 4) is 5.75 Å². The van der Waals surface area contributed by atoms with E-state index < -0.39 is 18.1 Å². The number of rotatable bonds is 6. The van der Waals surface area contributed by atoms with Gasteiger partial charge >= 0.3 is 12.1 Å². The molecule has 0 saturated carbocycles. The molecule has 0 radical (unpaired) electrons. The predicted molar refractivity (Wildman–Crippen MR) is 79.1 cm³/mol. The number of nitrogens with two attached hydrogens (primary N) is 1. The number of nitrogens with zero attached hydrogens (tertiary/aromatic N) is 1. The number of benzene rings is 1. The number of esters is 1. The van der Waals surface area contributed by atoms with Gasteiger partial charge in [-0.1, -0.05) is 19.1 Å². The van der Waals surface area contributed by atoms with E-state index in [-0.39, 0.29) is 0 Å². The molecule has 0 saturated heterocycles. The van der Waals surface area contributed by atoms with Gasteiger partial charge in [0, 0.05) is 14.1 Å². The smallest absolute Gasteiger partial charge is 0.414 e. The summed E-state index contributed by atoms with van der Waals surface area (Å²) in [4.78, 5) is 24.3. The molecule has 0 heterocycles. The lowest BCUT2D eigenvalue weighted by atomic mass is 10.1. The van der Waals surface area contributed by atoms with Gasteiger partial charge in [0.25, 0.3) is 0 Å². The molecule has 2 N–H and O–H groups in total.